The summed E-state index contributed by atoms with van der Waals surface area (Å²) in [5.41, 5.74) is 8.31. The highest BCUT2D eigenvalue weighted by Crippen LogP contribution is 2.64. The van der Waals surface area contributed by atoms with Crippen LogP contribution in [0, 0.1) is 0 Å². The van der Waals surface area contributed by atoms with Crippen molar-refractivity contribution < 1.29 is 28.7 Å². The molecule has 0 fully saturated rings. The summed E-state index contributed by atoms with van der Waals surface area (Å²) in [6.45, 7) is 4.27. The second kappa shape index (κ2) is 6.72. The Hall–Kier alpha value is -4.84. The molecule has 0 saturated carbocycles. The van der Waals surface area contributed by atoms with E-state index >= 15 is 0 Å². The minimum Gasteiger partial charge on any atom is -0.386 e. The van der Waals surface area contributed by atoms with Gasteiger partial charge in [-0.15, -0.1) is 0 Å². The first-order valence-corrected chi connectivity index (χ1v) is 12.5. The smallest absolute Gasteiger partial charge is 0.346 e. The molecular weight excluding hydrogens is 480 g/mol. The number of hydrogen-bond donors (Lipinski definition) is 0. The van der Waals surface area contributed by atoms with Gasteiger partial charge in [0.25, 0.3) is 0 Å². The van der Waals surface area contributed by atoms with E-state index in [0.717, 1.165) is 50.1 Å². The third-order valence-electron chi connectivity index (χ3n) is 8.40. The molecule has 6 nitrogen and oxygen atoms in total. The number of ether oxygens (including phenoxy) is 2. The van der Waals surface area contributed by atoms with Crippen LogP contribution in [-0.2, 0) is 14.9 Å². The molecule has 0 saturated heterocycles. The Bertz CT molecular complexity index is 1790. The number of fused-ring (bicyclic) bond motifs is 12. The predicted molar refractivity (Wildman–Crippen MR) is 136 cm³/mol. The summed E-state index contributed by atoms with van der Waals surface area (Å²) in [6, 6.07) is 21.5. The molecule has 0 bridgehead atoms. The maximum absolute atomic E-state index is 12.7. The van der Waals surface area contributed by atoms with Crippen molar-refractivity contribution in [3.8, 4) is 22.3 Å². The molecule has 0 N–H and O–H groups in total. The zero-order valence-corrected chi connectivity index (χ0v) is 20.4. The number of hydrogen-bond acceptors (Lipinski definition) is 6. The van der Waals surface area contributed by atoms with Gasteiger partial charge < -0.3 is 9.47 Å². The lowest BCUT2D eigenvalue weighted by Gasteiger charge is -2.31. The maximum atomic E-state index is 12.7. The molecule has 2 aliphatic carbocycles. The molecule has 1 spiro atoms. The molecule has 8 rings (SSSR count). The molecule has 0 unspecified atom stereocenters. The molecular formula is C32H18O6. The van der Waals surface area contributed by atoms with Crippen LogP contribution in [-0.4, -0.2) is 23.9 Å². The highest BCUT2D eigenvalue weighted by molar-refractivity contribution is 6.18. The Labute approximate surface area is 216 Å². The second-order valence-electron chi connectivity index (χ2n) is 10.5. The van der Waals surface area contributed by atoms with Crippen LogP contribution >= 0.6 is 0 Å². The van der Waals surface area contributed by atoms with Crippen LogP contribution < -0.4 is 0 Å². The van der Waals surface area contributed by atoms with Gasteiger partial charge in [-0.2, -0.15) is 0 Å². The Kier molecular flexibility index (Phi) is 3.76. The first-order chi connectivity index (χ1) is 18.3. The van der Waals surface area contributed by atoms with Gasteiger partial charge in [0, 0.05) is 0 Å². The van der Waals surface area contributed by atoms with Gasteiger partial charge in [0.15, 0.2) is 0 Å². The molecule has 0 atom stereocenters. The van der Waals surface area contributed by atoms with Crippen molar-refractivity contribution in [2.75, 3.05) is 0 Å². The van der Waals surface area contributed by atoms with Crippen molar-refractivity contribution >= 4 is 23.9 Å². The van der Waals surface area contributed by atoms with Gasteiger partial charge in [-0.25, -0.2) is 19.2 Å². The van der Waals surface area contributed by atoms with E-state index in [4.69, 9.17) is 9.47 Å². The van der Waals surface area contributed by atoms with E-state index in [1.165, 1.54) is 0 Å². The standard InChI is InChI=1S/C32H18O6/c1-14(2)15-7-8-17-16-5-3-4-6-24(16)32(25(17)9-15)26-12-22-20(28(33)37-30(22)35)10-18(26)19-11-21-23(13-27(19)32)31(36)38-29(21)34/h3-14H,1-2H3. The van der Waals surface area contributed by atoms with Crippen LogP contribution in [0.1, 0.15) is 89.0 Å². The Morgan fingerprint density at radius 3 is 1.53 bits per heavy atom. The lowest BCUT2D eigenvalue weighted by molar-refractivity contribution is 0.0425. The molecule has 4 aromatic carbocycles. The summed E-state index contributed by atoms with van der Waals surface area (Å²) in [5.74, 6) is -2.48. The van der Waals surface area contributed by atoms with Crippen molar-refractivity contribution in [2.24, 2.45) is 0 Å². The van der Waals surface area contributed by atoms with Crippen molar-refractivity contribution in [3.05, 3.63) is 117 Å². The molecule has 6 heteroatoms. The van der Waals surface area contributed by atoms with Gasteiger partial charge >= 0.3 is 23.9 Å². The highest BCUT2D eigenvalue weighted by Gasteiger charge is 2.54. The van der Waals surface area contributed by atoms with Crippen LogP contribution in [0.4, 0.5) is 0 Å². The van der Waals surface area contributed by atoms with Crippen LogP contribution in [0.2, 0.25) is 0 Å². The van der Waals surface area contributed by atoms with Gasteiger partial charge in [-0.05, 0) is 80.3 Å². The summed E-state index contributed by atoms with van der Waals surface area (Å²) < 4.78 is 9.89. The summed E-state index contributed by atoms with van der Waals surface area (Å²) in [4.78, 5) is 50.4. The van der Waals surface area contributed by atoms with E-state index in [2.05, 4.69) is 44.2 Å². The minimum absolute atomic E-state index is 0.193. The number of esters is 4. The fourth-order valence-corrected chi connectivity index (χ4v) is 6.71. The van der Waals surface area contributed by atoms with Crippen molar-refractivity contribution in [2.45, 2.75) is 25.2 Å². The zero-order chi connectivity index (χ0) is 26.1. The van der Waals surface area contributed by atoms with Crippen molar-refractivity contribution in [1.29, 1.82) is 0 Å². The van der Waals surface area contributed by atoms with E-state index in [0.29, 0.717) is 0 Å². The fourth-order valence-electron chi connectivity index (χ4n) is 6.71. The normalized spacial score (nSPS) is 16.7. The summed E-state index contributed by atoms with van der Waals surface area (Å²) in [7, 11) is 0. The SMILES string of the molecule is CC(C)c1ccc2c(c1)C1(c3ccccc3-2)c2cc3c(cc2-c2cc4c(cc21)C(=O)OC4=O)C(=O)OC3=O. The molecule has 0 radical (unpaired) electrons. The average Bonchev–Trinajstić information content (AvgIpc) is 3.56. The van der Waals surface area contributed by atoms with Gasteiger partial charge in [0.05, 0.1) is 27.7 Å². The van der Waals surface area contributed by atoms with E-state index in [9.17, 15) is 19.2 Å². The van der Waals surface area contributed by atoms with E-state index in [1.807, 2.05) is 12.1 Å². The molecule has 0 aromatic heterocycles. The third kappa shape index (κ3) is 2.29. The third-order valence-corrected chi connectivity index (χ3v) is 8.40. The maximum Gasteiger partial charge on any atom is 0.346 e. The average molecular weight is 498 g/mol. The lowest BCUT2D eigenvalue weighted by atomic mass is 9.69. The van der Waals surface area contributed by atoms with Crippen molar-refractivity contribution in [3.63, 3.8) is 0 Å². The molecule has 4 aromatic rings. The Balaban J connectivity index is 1.58. The highest BCUT2D eigenvalue weighted by atomic mass is 16.6. The van der Waals surface area contributed by atoms with Gasteiger partial charge in [0.2, 0.25) is 0 Å². The summed E-state index contributed by atoms with van der Waals surface area (Å²) in [5, 5.41) is 0. The number of carbonyl (C=O) groups excluding carboxylic acids is 4. The molecule has 2 heterocycles. The molecule has 182 valence electrons. The fraction of sp³-hybridized carbons (Fsp3) is 0.125. The molecule has 4 aliphatic rings. The monoisotopic (exact) mass is 498 g/mol. The molecule has 2 aliphatic heterocycles. The first kappa shape index (κ1) is 21.3. The number of rotatable bonds is 1. The summed E-state index contributed by atoms with van der Waals surface area (Å²) >= 11 is 0. The quantitative estimate of drug-likeness (QED) is 0.211. The van der Waals surface area contributed by atoms with Gasteiger partial charge in [0.1, 0.15) is 0 Å². The van der Waals surface area contributed by atoms with E-state index < -0.39 is 29.3 Å². The zero-order valence-electron chi connectivity index (χ0n) is 20.4. The largest absolute Gasteiger partial charge is 0.386 e. The second-order valence-corrected chi connectivity index (χ2v) is 10.5. The Morgan fingerprint density at radius 2 is 0.974 bits per heavy atom. The minimum atomic E-state index is -0.872. The van der Waals surface area contributed by atoms with E-state index in [-0.39, 0.29) is 28.2 Å². The Morgan fingerprint density at radius 1 is 0.500 bits per heavy atom. The van der Waals surface area contributed by atoms with Crippen LogP contribution in [0.5, 0.6) is 0 Å². The van der Waals surface area contributed by atoms with Gasteiger partial charge in [-0.3, -0.25) is 0 Å². The number of cyclic esters (lactones) is 4. The van der Waals surface area contributed by atoms with Crippen LogP contribution in [0.3, 0.4) is 0 Å². The molecule has 38 heavy (non-hydrogen) atoms. The van der Waals surface area contributed by atoms with E-state index in [1.54, 1.807) is 24.3 Å². The first-order valence-electron chi connectivity index (χ1n) is 12.5. The number of benzene rings is 4. The number of carbonyl (C=O) groups is 4. The molecule has 0 amide bonds. The predicted octanol–water partition coefficient (Wildman–Crippen LogP) is 5.77. The lowest BCUT2D eigenvalue weighted by Crippen LogP contribution is -2.26. The van der Waals surface area contributed by atoms with Crippen LogP contribution in [0.15, 0.2) is 66.7 Å². The summed E-state index contributed by atoms with van der Waals surface area (Å²) in [6.07, 6.45) is 0. The van der Waals surface area contributed by atoms with Crippen LogP contribution in [0.25, 0.3) is 22.3 Å². The van der Waals surface area contributed by atoms with Crippen molar-refractivity contribution in [1.82, 2.24) is 0 Å². The van der Waals surface area contributed by atoms with Gasteiger partial charge in [-0.1, -0.05) is 56.3 Å². The topological polar surface area (TPSA) is 86.7 Å².